The molecule has 100 valence electrons. The summed E-state index contributed by atoms with van der Waals surface area (Å²) in [5.41, 5.74) is 2.15. The van der Waals surface area contributed by atoms with Crippen LogP contribution in [0.5, 0.6) is 5.75 Å². The highest BCUT2D eigenvalue weighted by molar-refractivity contribution is 5.76. The number of rotatable bonds is 6. The molecule has 1 aromatic heterocycles. The smallest absolute Gasteiger partial charge is 0.220 e. The van der Waals surface area contributed by atoms with Gasteiger partial charge in [0.1, 0.15) is 5.75 Å². The first kappa shape index (κ1) is 13.2. The van der Waals surface area contributed by atoms with E-state index in [0.29, 0.717) is 13.0 Å². The fourth-order valence-electron chi connectivity index (χ4n) is 1.80. The quantitative estimate of drug-likeness (QED) is 0.835. The molecule has 4 heteroatoms. The van der Waals surface area contributed by atoms with Gasteiger partial charge in [0.2, 0.25) is 5.91 Å². The minimum atomic E-state index is 0.0606. The van der Waals surface area contributed by atoms with Gasteiger partial charge in [0.15, 0.2) is 0 Å². The van der Waals surface area contributed by atoms with Crippen molar-refractivity contribution >= 4 is 5.91 Å². The molecule has 0 spiro atoms. The van der Waals surface area contributed by atoms with Crippen molar-refractivity contribution in [1.29, 1.82) is 0 Å². The lowest BCUT2D eigenvalue weighted by atomic mass is 10.2. The lowest BCUT2D eigenvalue weighted by Crippen LogP contribution is -2.22. The van der Waals surface area contributed by atoms with Crippen molar-refractivity contribution in [3.05, 3.63) is 53.9 Å². The summed E-state index contributed by atoms with van der Waals surface area (Å²) in [7, 11) is 1.64. The number of ether oxygens (including phenoxy) is 1. The van der Waals surface area contributed by atoms with E-state index in [1.807, 2.05) is 42.6 Å². The number of hydrogen-bond donors (Lipinski definition) is 2. The second-order valence-corrected chi connectivity index (χ2v) is 4.32. The molecule has 1 heterocycles. The van der Waals surface area contributed by atoms with Crippen molar-refractivity contribution in [3.63, 3.8) is 0 Å². The minimum Gasteiger partial charge on any atom is -0.497 e. The number of H-pyrrole nitrogens is 1. The Hall–Kier alpha value is -2.23. The average Bonchev–Trinajstić information content (AvgIpc) is 2.96. The predicted octanol–water partition coefficient (Wildman–Crippen LogP) is 2.27. The van der Waals surface area contributed by atoms with Gasteiger partial charge in [-0.25, -0.2) is 0 Å². The van der Waals surface area contributed by atoms with Gasteiger partial charge in [-0.2, -0.15) is 0 Å². The van der Waals surface area contributed by atoms with Gasteiger partial charge in [0.05, 0.1) is 7.11 Å². The van der Waals surface area contributed by atoms with Crippen LogP contribution in [-0.2, 0) is 17.8 Å². The SMILES string of the molecule is COc1ccc(CNC(=O)CCc2ccc[nH]2)cc1. The third-order valence-electron chi connectivity index (χ3n) is 2.93. The van der Waals surface area contributed by atoms with Crippen LogP contribution >= 0.6 is 0 Å². The van der Waals surface area contributed by atoms with E-state index in [0.717, 1.165) is 23.4 Å². The van der Waals surface area contributed by atoms with Gasteiger partial charge in [-0.1, -0.05) is 12.1 Å². The van der Waals surface area contributed by atoms with Gasteiger partial charge in [0, 0.05) is 24.9 Å². The van der Waals surface area contributed by atoms with E-state index in [1.54, 1.807) is 7.11 Å². The van der Waals surface area contributed by atoms with Gasteiger partial charge in [0.25, 0.3) is 0 Å². The Labute approximate surface area is 112 Å². The molecule has 4 nitrogen and oxygen atoms in total. The van der Waals surface area contributed by atoms with Gasteiger partial charge < -0.3 is 15.0 Å². The van der Waals surface area contributed by atoms with Crippen LogP contribution in [0.4, 0.5) is 0 Å². The normalized spacial score (nSPS) is 10.2. The van der Waals surface area contributed by atoms with E-state index >= 15 is 0 Å². The Morgan fingerprint density at radius 1 is 1.26 bits per heavy atom. The largest absolute Gasteiger partial charge is 0.497 e. The molecular weight excluding hydrogens is 240 g/mol. The molecule has 19 heavy (non-hydrogen) atoms. The van der Waals surface area contributed by atoms with Crippen LogP contribution in [-0.4, -0.2) is 18.0 Å². The molecule has 0 aliphatic heterocycles. The van der Waals surface area contributed by atoms with Crippen molar-refractivity contribution in [2.24, 2.45) is 0 Å². The second-order valence-electron chi connectivity index (χ2n) is 4.32. The third kappa shape index (κ3) is 4.17. The molecule has 1 aromatic carbocycles. The topological polar surface area (TPSA) is 54.1 Å². The number of benzene rings is 1. The number of carbonyl (C=O) groups excluding carboxylic acids is 1. The van der Waals surface area contributed by atoms with E-state index in [2.05, 4.69) is 10.3 Å². The Kier molecular flexibility index (Phi) is 4.61. The Balaban J connectivity index is 1.73. The highest BCUT2D eigenvalue weighted by Gasteiger charge is 2.02. The summed E-state index contributed by atoms with van der Waals surface area (Å²) in [6.07, 6.45) is 3.10. The molecule has 0 bridgehead atoms. The lowest BCUT2D eigenvalue weighted by molar-refractivity contribution is -0.121. The van der Waals surface area contributed by atoms with E-state index in [9.17, 15) is 4.79 Å². The summed E-state index contributed by atoms with van der Waals surface area (Å²) in [5, 5.41) is 2.91. The van der Waals surface area contributed by atoms with Crippen molar-refractivity contribution < 1.29 is 9.53 Å². The fourth-order valence-corrected chi connectivity index (χ4v) is 1.80. The van der Waals surface area contributed by atoms with Crippen LogP contribution in [0.3, 0.4) is 0 Å². The molecule has 0 saturated carbocycles. The van der Waals surface area contributed by atoms with Crippen molar-refractivity contribution in [3.8, 4) is 5.75 Å². The van der Waals surface area contributed by atoms with Crippen LogP contribution in [0.2, 0.25) is 0 Å². The monoisotopic (exact) mass is 258 g/mol. The molecule has 0 radical (unpaired) electrons. The first-order valence-electron chi connectivity index (χ1n) is 6.30. The summed E-state index contributed by atoms with van der Waals surface area (Å²) in [4.78, 5) is 14.8. The molecular formula is C15H18N2O2. The number of hydrogen-bond acceptors (Lipinski definition) is 2. The maximum Gasteiger partial charge on any atom is 0.220 e. The first-order valence-corrected chi connectivity index (χ1v) is 6.30. The van der Waals surface area contributed by atoms with Crippen molar-refractivity contribution in [2.45, 2.75) is 19.4 Å². The molecule has 1 amide bonds. The third-order valence-corrected chi connectivity index (χ3v) is 2.93. The standard InChI is InChI=1S/C15H18N2O2/c1-19-14-7-4-12(5-8-14)11-17-15(18)9-6-13-3-2-10-16-13/h2-5,7-8,10,16H,6,9,11H2,1H3,(H,17,18). The van der Waals surface area contributed by atoms with Crippen LogP contribution in [0.25, 0.3) is 0 Å². The van der Waals surface area contributed by atoms with Gasteiger partial charge in [-0.3, -0.25) is 4.79 Å². The number of aromatic amines is 1. The molecule has 0 fully saturated rings. The summed E-state index contributed by atoms with van der Waals surface area (Å²) < 4.78 is 5.08. The summed E-state index contributed by atoms with van der Waals surface area (Å²) >= 11 is 0. The van der Waals surface area contributed by atoms with Crippen molar-refractivity contribution in [1.82, 2.24) is 10.3 Å². The Morgan fingerprint density at radius 2 is 2.05 bits per heavy atom. The fraction of sp³-hybridized carbons (Fsp3) is 0.267. The number of amides is 1. The maximum atomic E-state index is 11.7. The van der Waals surface area contributed by atoms with Crippen LogP contribution < -0.4 is 10.1 Å². The number of methoxy groups -OCH3 is 1. The molecule has 0 unspecified atom stereocenters. The minimum absolute atomic E-state index is 0.0606. The lowest BCUT2D eigenvalue weighted by Gasteiger charge is -2.06. The molecule has 0 aliphatic rings. The highest BCUT2D eigenvalue weighted by Crippen LogP contribution is 2.11. The zero-order valence-electron chi connectivity index (χ0n) is 11.0. The number of carbonyl (C=O) groups is 1. The maximum absolute atomic E-state index is 11.7. The molecule has 2 aromatic rings. The van der Waals surface area contributed by atoms with Crippen LogP contribution in [0.15, 0.2) is 42.6 Å². The number of aromatic nitrogens is 1. The highest BCUT2D eigenvalue weighted by atomic mass is 16.5. The van der Waals surface area contributed by atoms with Gasteiger partial charge in [-0.15, -0.1) is 0 Å². The molecule has 2 rings (SSSR count). The van der Waals surface area contributed by atoms with E-state index in [1.165, 1.54) is 0 Å². The summed E-state index contributed by atoms with van der Waals surface area (Å²) in [6.45, 7) is 0.549. The summed E-state index contributed by atoms with van der Waals surface area (Å²) in [6, 6.07) is 11.6. The number of aryl methyl sites for hydroxylation is 1. The molecule has 0 aliphatic carbocycles. The Bertz CT molecular complexity index is 503. The number of nitrogens with one attached hydrogen (secondary N) is 2. The Morgan fingerprint density at radius 3 is 2.68 bits per heavy atom. The molecule has 0 atom stereocenters. The molecule has 2 N–H and O–H groups in total. The zero-order valence-corrected chi connectivity index (χ0v) is 11.0. The van der Waals surface area contributed by atoms with E-state index in [-0.39, 0.29) is 5.91 Å². The summed E-state index contributed by atoms with van der Waals surface area (Å²) in [5.74, 6) is 0.882. The van der Waals surface area contributed by atoms with Gasteiger partial charge in [-0.05, 0) is 36.2 Å². The van der Waals surface area contributed by atoms with E-state index in [4.69, 9.17) is 4.74 Å². The average molecular weight is 258 g/mol. The van der Waals surface area contributed by atoms with Gasteiger partial charge >= 0.3 is 0 Å². The van der Waals surface area contributed by atoms with Crippen LogP contribution in [0, 0.1) is 0 Å². The van der Waals surface area contributed by atoms with E-state index < -0.39 is 0 Å². The van der Waals surface area contributed by atoms with Crippen molar-refractivity contribution in [2.75, 3.05) is 7.11 Å². The predicted molar refractivity (Wildman–Crippen MR) is 74.0 cm³/mol. The van der Waals surface area contributed by atoms with Crippen LogP contribution in [0.1, 0.15) is 17.7 Å². The first-order chi connectivity index (χ1) is 9.28. The second kappa shape index (κ2) is 6.64. The zero-order chi connectivity index (χ0) is 13.5. The molecule has 0 saturated heterocycles.